The summed E-state index contributed by atoms with van der Waals surface area (Å²) in [5.74, 6) is 0.765. The van der Waals surface area contributed by atoms with E-state index < -0.39 is 22.1 Å². The first-order valence-electron chi connectivity index (χ1n) is 18.3. The van der Waals surface area contributed by atoms with E-state index in [9.17, 15) is 13.2 Å². The molecule has 0 spiro atoms. The SMILES string of the molecule is CCOc1ccc(S(=O)(=O)N2CCCCC2)cc1C1=N[C@@H](c2ccc(Cl)cc2)[C@@H](c2ccc(Cl)cc2)N1C(=O)N1CCN(CC(=O)N(C)C(C)C)CC1. The zero-order chi connectivity index (χ0) is 37.9. The highest BCUT2D eigenvalue weighted by atomic mass is 35.5. The number of halogens is 2. The summed E-state index contributed by atoms with van der Waals surface area (Å²) >= 11 is 12.7. The number of benzene rings is 3. The molecule has 284 valence electrons. The van der Waals surface area contributed by atoms with E-state index in [1.165, 1.54) is 4.31 Å². The zero-order valence-electron chi connectivity index (χ0n) is 30.7. The number of aliphatic imine (C=N–C) groups is 1. The standard InChI is InChI=1S/C39H48Cl2N6O5S/c1-5-52-34-18-17-32(53(50,51)46-19-7-6-8-20-46)25-33(34)38-42-36(28-9-13-30(40)14-10-28)37(29-11-15-31(41)16-12-29)47(38)39(49)45-23-21-44(22-24-45)26-35(48)43(4)27(2)3/h9-18,25,27,36-37H,5-8,19-24,26H2,1-4H3/t36-,37+/m0/s1. The lowest BCUT2D eigenvalue weighted by atomic mass is 9.93. The third-order valence-corrected chi connectivity index (χ3v) is 12.7. The van der Waals surface area contributed by atoms with Crippen LogP contribution in [0.1, 0.15) is 68.8 Å². The molecule has 3 aliphatic rings. The molecule has 0 aromatic heterocycles. The lowest BCUT2D eigenvalue weighted by molar-refractivity contribution is -0.132. The monoisotopic (exact) mass is 782 g/mol. The number of piperazine rings is 1. The van der Waals surface area contributed by atoms with Gasteiger partial charge >= 0.3 is 6.03 Å². The maximum atomic E-state index is 15.1. The number of hydrogen-bond donors (Lipinski definition) is 0. The summed E-state index contributed by atoms with van der Waals surface area (Å²) < 4.78 is 35.7. The van der Waals surface area contributed by atoms with Gasteiger partial charge in [-0.1, -0.05) is 53.9 Å². The number of carbonyl (C=O) groups excluding carboxylic acids is 2. The van der Waals surface area contributed by atoms with E-state index in [2.05, 4.69) is 4.90 Å². The molecule has 0 N–H and O–H groups in total. The molecule has 3 aromatic rings. The summed E-state index contributed by atoms with van der Waals surface area (Å²) in [4.78, 5) is 40.6. The molecule has 0 radical (unpaired) electrons. The highest BCUT2D eigenvalue weighted by Crippen LogP contribution is 2.46. The predicted octanol–water partition coefficient (Wildman–Crippen LogP) is 6.72. The summed E-state index contributed by atoms with van der Waals surface area (Å²) in [6, 6.07) is 18.2. The zero-order valence-corrected chi connectivity index (χ0v) is 33.1. The fraction of sp³-hybridized carbons (Fsp3) is 0.462. The van der Waals surface area contributed by atoms with Crippen LogP contribution in [0.25, 0.3) is 0 Å². The van der Waals surface area contributed by atoms with Crippen LogP contribution < -0.4 is 4.74 Å². The highest BCUT2D eigenvalue weighted by Gasteiger charge is 2.45. The van der Waals surface area contributed by atoms with Crippen LogP contribution in [-0.4, -0.2) is 116 Å². The molecule has 53 heavy (non-hydrogen) atoms. The second-order valence-corrected chi connectivity index (χ2v) is 16.8. The van der Waals surface area contributed by atoms with Gasteiger partial charge < -0.3 is 14.5 Å². The normalized spacial score (nSPS) is 20.1. The minimum absolute atomic E-state index is 0.0326. The quantitative estimate of drug-likeness (QED) is 0.226. The smallest absolute Gasteiger partial charge is 0.326 e. The van der Waals surface area contributed by atoms with Crippen LogP contribution in [0.15, 0.2) is 76.6 Å². The lowest BCUT2D eigenvalue weighted by Gasteiger charge is -2.39. The van der Waals surface area contributed by atoms with Crippen LogP contribution in [0.5, 0.6) is 5.75 Å². The molecular weight excluding hydrogens is 735 g/mol. The number of likely N-dealkylation sites (N-methyl/N-ethyl adjacent to an activating group) is 1. The van der Waals surface area contributed by atoms with Crippen molar-refractivity contribution >= 4 is 51.0 Å². The molecule has 3 heterocycles. The molecule has 3 amide bonds. The van der Waals surface area contributed by atoms with Gasteiger partial charge in [-0.15, -0.1) is 0 Å². The van der Waals surface area contributed by atoms with Crippen molar-refractivity contribution in [3.8, 4) is 5.75 Å². The molecule has 2 atom stereocenters. The Bertz CT molecular complexity index is 1910. The Morgan fingerprint density at radius 1 is 0.868 bits per heavy atom. The van der Waals surface area contributed by atoms with Crippen molar-refractivity contribution in [1.82, 2.24) is 23.9 Å². The Kier molecular flexibility index (Phi) is 12.3. The van der Waals surface area contributed by atoms with E-state index in [1.54, 1.807) is 64.2 Å². The molecule has 0 saturated carbocycles. The maximum Gasteiger partial charge on any atom is 0.326 e. The van der Waals surface area contributed by atoms with Crippen LogP contribution in [0.2, 0.25) is 10.0 Å². The lowest BCUT2D eigenvalue weighted by Crippen LogP contribution is -2.55. The molecule has 3 aromatic carbocycles. The van der Waals surface area contributed by atoms with E-state index >= 15 is 4.79 Å². The second kappa shape index (κ2) is 16.8. The van der Waals surface area contributed by atoms with Gasteiger partial charge in [0, 0.05) is 62.4 Å². The van der Waals surface area contributed by atoms with Crippen LogP contribution in [0.4, 0.5) is 4.79 Å². The van der Waals surface area contributed by atoms with E-state index in [4.69, 9.17) is 32.9 Å². The van der Waals surface area contributed by atoms with Crippen molar-refractivity contribution in [2.24, 2.45) is 4.99 Å². The van der Waals surface area contributed by atoms with Gasteiger partial charge in [0.15, 0.2) is 0 Å². The Morgan fingerprint density at radius 2 is 1.47 bits per heavy atom. The van der Waals surface area contributed by atoms with Crippen LogP contribution >= 0.6 is 23.2 Å². The number of amidine groups is 1. The van der Waals surface area contributed by atoms with Crippen molar-refractivity contribution < 1.29 is 22.7 Å². The molecular formula is C39H48Cl2N6O5S. The number of piperidine rings is 1. The number of hydrogen-bond acceptors (Lipinski definition) is 7. The van der Waals surface area contributed by atoms with Crippen molar-refractivity contribution in [2.75, 3.05) is 59.5 Å². The number of rotatable bonds is 10. The molecule has 14 heteroatoms. The number of nitrogens with zero attached hydrogens (tertiary/aromatic N) is 6. The van der Waals surface area contributed by atoms with E-state index in [0.717, 1.165) is 30.4 Å². The topological polar surface area (TPSA) is 106 Å². The first-order valence-corrected chi connectivity index (χ1v) is 20.5. The van der Waals surface area contributed by atoms with Gasteiger partial charge in [-0.3, -0.25) is 19.6 Å². The summed E-state index contributed by atoms with van der Waals surface area (Å²) in [6.07, 6.45) is 2.60. The minimum Gasteiger partial charge on any atom is -0.493 e. The molecule has 3 aliphatic heterocycles. The largest absolute Gasteiger partial charge is 0.493 e. The summed E-state index contributed by atoms with van der Waals surface area (Å²) in [7, 11) is -2.03. The average Bonchev–Trinajstić information content (AvgIpc) is 3.56. The summed E-state index contributed by atoms with van der Waals surface area (Å²) in [5, 5.41) is 1.12. The predicted molar refractivity (Wildman–Crippen MR) is 208 cm³/mol. The van der Waals surface area contributed by atoms with Gasteiger partial charge in [-0.25, -0.2) is 13.2 Å². The average molecular weight is 784 g/mol. The van der Waals surface area contributed by atoms with Crippen LogP contribution in [0.3, 0.4) is 0 Å². The first kappa shape index (κ1) is 39.0. The third-order valence-electron chi connectivity index (χ3n) is 10.3. The number of amides is 3. The van der Waals surface area contributed by atoms with Gasteiger partial charge in [0.25, 0.3) is 0 Å². The molecule has 11 nitrogen and oxygen atoms in total. The maximum absolute atomic E-state index is 15.1. The highest BCUT2D eigenvalue weighted by molar-refractivity contribution is 7.89. The fourth-order valence-electron chi connectivity index (χ4n) is 7.07. The number of carbonyl (C=O) groups is 2. The second-order valence-electron chi connectivity index (χ2n) is 14.0. The Morgan fingerprint density at radius 3 is 2.06 bits per heavy atom. The number of urea groups is 1. The Labute approximate surface area is 323 Å². The van der Waals surface area contributed by atoms with Gasteiger partial charge in [0.2, 0.25) is 15.9 Å². The van der Waals surface area contributed by atoms with Crippen LogP contribution in [0, 0.1) is 0 Å². The van der Waals surface area contributed by atoms with E-state index in [0.29, 0.717) is 73.1 Å². The van der Waals surface area contributed by atoms with Gasteiger partial charge in [0.05, 0.1) is 29.7 Å². The Hall–Kier alpha value is -3.68. The van der Waals surface area contributed by atoms with Gasteiger partial charge in [-0.05, 0) is 87.2 Å². The van der Waals surface area contributed by atoms with Crippen molar-refractivity contribution in [2.45, 2.75) is 63.1 Å². The van der Waals surface area contributed by atoms with Crippen molar-refractivity contribution in [3.05, 3.63) is 93.5 Å². The molecule has 2 saturated heterocycles. The Balaban J connectivity index is 1.44. The van der Waals surface area contributed by atoms with E-state index in [1.807, 2.05) is 45.0 Å². The van der Waals surface area contributed by atoms with Gasteiger partial charge in [-0.2, -0.15) is 4.31 Å². The molecule has 0 unspecified atom stereocenters. The number of sulfonamides is 1. The summed E-state index contributed by atoms with van der Waals surface area (Å²) in [6.45, 7) is 9.14. The van der Waals surface area contributed by atoms with Crippen LogP contribution in [-0.2, 0) is 14.8 Å². The minimum atomic E-state index is -3.83. The first-order chi connectivity index (χ1) is 25.4. The van der Waals surface area contributed by atoms with E-state index in [-0.39, 0.29) is 29.4 Å². The summed E-state index contributed by atoms with van der Waals surface area (Å²) in [5.41, 5.74) is 2.04. The number of ether oxygens (including phenoxy) is 1. The third kappa shape index (κ3) is 8.52. The van der Waals surface area contributed by atoms with Gasteiger partial charge in [0.1, 0.15) is 17.6 Å². The molecule has 2 fully saturated rings. The molecule has 0 aliphatic carbocycles. The molecule has 0 bridgehead atoms. The fourth-order valence-corrected chi connectivity index (χ4v) is 8.87. The molecule has 6 rings (SSSR count). The van der Waals surface area contributed by atoms with Crippen molar-refractivity contribution in [1.29, 1.82) is 0 Å². The van der Waals surface area contributed by atoms with Crippen molar-refractivity contribution in [3.63, 3.8) is 0 Å².